The largest absolute Gasteiger partial charge is 0.368 e. The van der Waals surface area contributed by atoms with Crippen LogP contribution < -0.4 is 9.92 Å². The molecule has 0 aliphatic heterocycles. The fourth-order valence-corrected chi connectivity index (χ4v) is 5.15. The number of nitrogens with zero attached hydrogens (tertiary/aromatic N) is 3. The minimum Gasteiger partial charge on any atom is -0.368 e. The summed E-state index contributed by atoms with van der Waals surface area (Å²) in [5.74, 6) is 0.741. The van der Waals surface area contributed by atoms with Crippen molar-refractivity contribution in [3.63, 3.8) is 0 Å². The molecule has 10 heteroatoms. The number of rotatable bonds is 4. The second-order valence-electron chi connectivity index (χ2n) is 7.23. The summed E-state index contributed by atoms with van der Waals surface area (Å²) in [6.07, 6.45) is 6.05. The smallest absolute Gasteiger partial charge is 0.340 e. The normalized spacial score (nSPS) is 21.4. The van der Waals surface area contributed by atoms with Gasteiger partial charge in [-0.2, -0.15) is 13.4 Å². The summed E-state index contributed by atoms with van der Waals surface area (Å²) in [6, 6.07) is 4.52. The predicted octanol–water partition coefficient (Wildman–Crippen LogP) is 2.95. The van der Waals surface area contributed by atoms with Gasteiger partial charge >= 0.3 is 10.1 Å². The number of benzene rings is 1. The molecule has 0 amide bonds. The Labute approximate surface area is 162 Å². The maximum Gasteiger partial charge on any atom is 0.340 e. The quantitative estimate of drug-likeness (QED) is 0.466. The molecule has 1 aromatic heterocycles. The highest BCUT2D eigenvalue weighted by molar-refractivity contribution is 7.87. The van der Waals surface area contributed by atoms with E-state index < -0.39 is 15.0 Å². The van der Waals surface area contributed by atoms with Gasteiger partial charge in [-0.3, -0.25) is 10.1 Å². The van der Waals surface area contributed by atoms with Gasteiger partial charge in [-0.1, -0.05) is 12.8 Å². The third kappa shape index (κ3) is 3.39. The van der Waals surface area contributed by atoms with E-state index in [1.165, 1.54) is 6.42 Å². The standard InChI is InChI=1S/C18H20N4O5S/c19-18-20-16-14-4-2-1-3-11(14)5-10-15(16)17(21-18)27-28(25,26)13-8-6-12(7-9-13)22(23)24/h6-9,11,14H,1-5,10H2,(H2,19,20,21)/t11-,14-/m1/s1. The zero-order valence-corrected chi connectivity index (χ0v) is 15.9. The van der Waals surface area contributed by atoms with Crippen LogP contribution in [0.3, 0.4) is 0 Å². The first-order valence-corrected chi connectivity index (χ1v) is 10.6. The van der Waals surface area contributed by atoms with Gasteiger partial charge in [0, 0.05) is 23.6 Å². The van der Waals surface area contributed by atoms with Crippen LogP contribution in [0.1, 0.15) is 49.3 Å². The van der Waals surface area contributed by atoms with E-state index in [0.29, 0.717) is 17.9 Å². The second-order valence-corrected chi connectivity index (χ2v) is 8.78. The summed E-state index contributed by atoms with van der Waals surface area (Å²) in [4.78, 5) is 18.4. The van der Waals surface area contributed by atoms with Crippen molar-refractivity contribution in [2.24, 2.45) is 5.92 Å². The van der Waals surface area contributed by atoms with Crippen LogP contribution >= 0.6 is 0 Å². The Morgan fingerprint density at radius 1 is 1.11 bits per heavy atom. The van der Waals surface area contributed by atoms with E-state index in [4.69, 9.17) is 9.92 Å². The summed E-state index contributed by atoms with van der Waals surface area (Å²) in [5.41, 5.74) is 7.14. The predicted molar refractivity (Wildman–Crippen MR) is 100 cm³/mol. The monoisotopic (exact) mass is 404 g/mol. The van der Waals surface area contributed by atoms with Crippen molar-refractivity contribution in [2.75, 3.05) is 5.73 Å². The zero-order chi connectivity index (χ0) is 19.9. The number of aromatic nitrogens is 2. The molecule has 2 N–H and O–H groups in total. The zero-order valence-electron chi connectivity index (χ0n) is 15.1. The Balaban J connectivity index is 1.68. The number of nitrogen functional groups attached to an aromatic ring is 1. The third-order valence-electron chi connectivity index (χ3n) is 5.57. The summed E-state index contributed by atoms with van der Waals surface area (Å²) in [6.45, 7) is 0. The SMILES string of the molecule is Nc1nc(OS(=O)(=O)c2ccc([N+](=O)[O-])cc2)c2c(n1)[C@@H]1CCCC[C@@H]1CC2. The number of nitro benzene ring substituents is 1. The molecule has 2 aliphatic rings. The molecule has 1 saturated carbocycles. The van der Waals surface area contributed by atoms with Gasteiger partial charge in [0.1, 0.15) is 4.90 Å². The lowest BCUT2D eigenvalue weighted by molar-refractivity contribution is -0.384. The van der Waals surface area contributed by atoms with Crippen molar-refractivity contribution < 1.29 is 17.5 Å². The molecule has 1 fully saturated rings. The first-order valence-electron chi connectivity index (χ1n) is 9.20. The van der Waals surface area contributed by atoms with Crippen molar-refractivity contribution >= 4 is 21.8 Å². The van der Waals surface area contributed by atoms with Crippen LogP contribution in [0.15, 0.2) is 29.2 Å². The van der Waals surface area contributed by atoms with Crippen molar-refractivity contribution in [1.82, 2.24) is 9.97 Å². The van der Waals surface area contributed by atoms with Crippen molar-refractivity contribution in [3.8, 4) is 5.88 Å². The number of hydrogen-bond acceptors (Lipinski definition) is 8. The van der Waals surface area contributed by atoms with E-state index in [1.54, 1.807) is 0 Å². The summed E-state index contributed by atoms with van der Waals surface area (Å²) < 4.78 is 30.7. The third-order valence-corrected chi connectivity index (χ3v) is 6.80. The van der Waals surface area contributed by atoms with Crippen molar-refractivity contribution in [1.29, 1.82) is 0 Å². The van der Waals surface area contributed by atoms with Crippen LogP contribution in [0.2, 0.25) is 0 Å². The van der Waals surface area contributed by atoms with E-state index in [9.17, 15) is 18.5 Å². The van der Waals surface area contributed by atoms with Crippen LogP contribution in [-0.2, 0) is 16.5 Å². The molecule has 0 saturated heterocycles. The number of hydrogen-bond donors (Lipinski definition) is 1. The summed E-state index contributed by atoms with van der Waals surface area (Å²) in [7, 11) is -4.20. The lowest BCUT2D eigenvalue weighted by atomic mass is 9.70. The molecular formula is C18H20N4O5S. The molecule has 0 radical (unpaired) electrons. The highest BCUT2D eigenvalue weighted by Crippen LogP contribution is 2.46. The van der Waals surface area contributed by atoms with Crippen LogP contribution in [0.25, 0.3) is 0 Å². The average Bonchev–Trinajstić information content (AvgIpc) is 2.67. The Kier molecular flexibility index (Phi) is 4.66. The van der Waals surface area contributed by atoms with Crippen LogP contribution in [0.5, 0.6) is 5.88 Å². The highest BCUT2D eigenvalue weighted by Gasteiger charge is 2.36. The van der Waals surface area contributed by atoms with Gasteiger partial charge in [-0.25, -0.2) is 4.98 Å². The topological polar surface area (TPSA) is 138 Å². The first kappa shape index (κ1) is 18.6. The fourth-order valence-electron chi connectivity index (χ4n) is 4.24. The maximum atomic E-state index is 12.7. The molecule has 1 aromatic carbocycles. The molecule has 2 aromatic rings. The molecule has 0 bridgehead atoms. The second kappa shape index (κ2) is 7.01. The van der Waals surface area contributed by atoms with Gasteiger partial charge < -0.3 is 9.92 Å². The van der Waals surface area contributed by atoms with E-state index in [0.717, 1.165) is 55.6 Å². The number of anilines is 1. The van der Waals surface area contributed by atoms with E-state index in [-0.39, 0.29) is 28.3 Å². The Morgan fingerprint density at radius 2 is 1.82 bits per heavy atom. The Bertz CT molecular complexity index is 1020. The molecule has 9 nitrogen and oxygen atoms in total. The highest BCUT2D eigenvalue weighted by atomic mass is 32.2. The molecule has 4 rings (SSSR count). The van der Waals surface area contributed by atoms with Crippen LogP contribution in [0.4, 0.5) is 11.6 Å². The molecule has 148 valence electrons. The van der Waals surface area contributed by atoms with E-state index >= 15 is 0 Å². The molecule has 0 unspecified atom stereocenters. The molecule has 0 spiro atoms. The molecule has 2 atom stereocenters. The van der Waals surface area contributed by atoms with Gasteiger partial charge in [-0.15, -0.1) is 0 Å². The van der Waals surface area contributed by atoms with Crippen LogP contribution in [-0.4, -0.2) is 23.3 Å². The molecular weight excluding hydrogens is 384 g/mol. The number of nitro groups is 1. The lowest BCUT2D eigenvalue weighted by Gasteiger charge is -2.36. The first-order chi connectivity index (χ1) is 13.3. The van der Waals surface area contributed by atoms with Gasteiger partial charge in [0.2, 0.25) is 11.8 Å². The van der Waals surface area contributed by atoms with Crippen molar-refractivity contribution in [2.45, 2.75) is 49.3 Å². The maximum absolute atomic E-state index is 12.7. The molecule has 2 aliphatic carbocycles. The van der Waals surface area contributed by atoms with Crippen LogP contribution in [0, 0.1) is 16.0 Å². The van der Waals surface area contributed by atoms with Gasteiger partial charge in [0.05, 0.1) is 10.6 Å². The van der Waals surface area contributed by atoms with Gasteiger partial charge in [0.15, 0.2) is 0 Å². The van der Waals surface area contributed by atoms with Gasteiger partial charge in [-0.05, 0) is 43.7 Å². The van der Waals surface area contributed by atoms with Gasteiger partial charge in [0.25, 0.3) is 5.69 Å². The average molecular weight is 404 g/mol. The number of non-ortho nitro benzene ring substituents is 1. The van der Waals surface area contributed by atoms with E-state index in [1.807, 2.05) is 0 Å². The van der Waals surface area contributed by atoms with Crippen molar-refractivity contribution in [3.05, 3.63) is 45.6 Å². The van der Waals surface area contributed by atoms with E-state index in [2.05, 4.69) is 9.97 Å². The lowest BCUT2D eigenvalue weighted by Crippen LogP contribution is -2.27. The number of nitrogens with two attached hydrogens (primary N) is 1. The Hall–Kier alpha value is -2.75. The number of fused-ring (bicyclic) bond motifs is 3. The Morgan fingerprint density at radius 3 is 2.54 bits per heavy atom. The minimum atomic E-state index is -4.20. The summed E-state index contributed by atoms with van der Waals surface area (Å²) in [5, 5.41) is 10.8. The summed E-state index contributed by atoms with van der Waals surface area (Å²) >= 11 is 0. The molecule has 1 heterocycles. The fraction of sp³-hybridized carbons (Fsp3) is 0.444. The molecule has 28 heavy (non-hydrogen) atoms. The minimum absolute atomic E-state index is 0.0149.